The second kappa shape index (κ2) is 7.43. The van der Waals surface area contributed by atoms with Crippen LogP contribution in [0.2, 0.25) is 0 Å². The minimum Gasteiger partial charge on any atom is -0.355 e. The Hall–Kier alpha value is -1.12. The second-order valence-electron chi connectivity index (χ2n) is 5.87. The molecule has 2 rings (SSSR count). The smallest absolute Gasteiger partial charge is 0.233 e. The number of thiophene rings is 1. The number of amides is 1. The van der Waals surface area contributed by atoms with Crippen molar-refractivity contribution in [1.29, 1.82) is 0 Å². The van der Waals surface area contributed by atoms with Gasteiger partial charge in [0.05, 0.1) is 12.3 Å². The van der Waals surface area contributed by atoms with Crippen LogP contribution in [0.5, 0.6) is 0 Å². The van der Waals surface area contributed by atoms with Gasteiger partial charge in [0.25, 0.3) is 0 Å². The Morgan fingerprint density at radius 2 is 2.18 bits per heavy atom. The summed E-state index contributed by atoms with van der Waals surface area (Å²) in [6.07, 6.45) is 0. The van der Waals surface area contributed by atoms with Crippen molar-refractivity contribution in [3.05, 3.63) is 22.4 Å². The third-order valence-corrected chi connectivity index (χ3v) is 5.42. The maximum atomic E-state index is 12.1. The van der Waals surface area contributed by atoms with E-state index >= 15 is 0 Å². The number of carbonyl (C=O) groups excluding carboxylic acids is 1. The monoisotopic (exact) mass is 356 g/mol. The van der Waals surface area contributed by atoms with Gasteiger partial charge in [0.15, 0.2) is 4.34 Å². The van der Waals surface area contributed by atoms with Gasteiger partial charge in [-0.05, 0) is 32.2 Å². The summed E-state index contributed by atoms with van der Waals surface area (Å²) < 4.78 is 0.810. The van der Waals surface area contributed by atoms with Gasteiger partial charge in [-0.1, -0.05) is 29.2 Å². The minimum atomic E-state index is -0.0434. The molecular formula is C14H20N4OS3. The molecule has 0 radical (unpaired) electrons. The number of hydrogen-bond acceptors (Lipinski definition) is 7. The van der Waals surface area contributed by atoms with Crippen molar-refractivity contribution in [1.82, 2.24) is 15.1 Å². The van der Waals surface area contributed by atoms with Crippen LogP contribution >= 0.6 is 34.4 Å². The molecule has 5 nitrogen and oxygen atoms in total. The van der Waals surface area contributed by atoms with Gasteiger partial charge in [-0.15, -0.1) is 21.5 Å². The van der Waals surface area contributed by atoms with E-state index in [0.29, 0.717) is 12.3 Å². The fraction of sp³-hybridized carbons (Fsp3) is 0.500. The lowest BCUT2D eigenvalue weighted by molar-refractivity contribution is -0.127. The Bertz CT molecular complexity index is 604. The van der Waals surface area contributed by atoms with Crippen LogP contribution in [-0.4, -0.2) is 39.3 Å². The fourth-order valence-electron chi connectivity index (χ4n) is 1.60. The van der Waals surface area contributed by atoms with E-state index in [-0.39, 0.29) is 11.4 Å². The maximum absolute atomic E-state index is 12.1. The molecule has 0 aromatic carbocycles. The molecule has 0 aliphatic rings. The average molecular weight is 357 g/mol. The zero-order valence-electron chi connectivity index (χ0n) is 13.1. The van der Waals surface area contributed by atoms with E-state index in [4.69, 9.17) is 0 Å². The van der Waals surface area contributed by atoms with Gasteiger partial charge in [0, 0.05) is 17.5 Å². The zero-order valence-corrected chi connectivity index (χ0v) is 15.6. The van der Waals surface area contributed by atoms with Crippen molar-refractivity contribution in [2.75, 3.05) is 18.1 Å². The molecule has 0 unspecified atom stereocenters. The van der Waals surface area contributed by atoms with Crippen molar-refractivity contribution in [3.8, 4) is 0 Å². The number of rotatable bonds is 6. The molecule has 0 saturated carbocycles. The number of carbonyl (C=O) groups is 1. The van der Waals surface area contributed by atoms with Crippen LogP contribution in [0.15, 0.2) is 21.9 Å². The number of nitrogens with zero attached hydrogens (tertiary/aromatic N) is 3. The summed E-state index contributed by atoms with van der Waals surface area (Å²) in [6.45, 7) is 6.88. The Morgan fingerprint density at radius 1 is 1.41 bits per heavy atom. The summed E-state index contributed by atoms with van der Waals surface area (Å²) in [5.41, 5.74) is -0.0434. The van der Waals surface area contributed by atoms with Crippen molar-refractivity contribution < 1.29 is 4.79 Å². The third-order valence-electron chi connectivity index (χ3n) is 2.61. The van der Waals surface area contributed by atoms with E-state index < -0.39 is 0 Å². The highest BCUT2D eigenvalue weighted by atomic mass is 32.2. The molecule has 1 amide bonds. The predicted molar refractivity (Wildman–Crippen MR) is 94.8 cm³/mol. The van der Waals surface area contributed by atoms with E-state index in [1.165, 1.54) is 28.0 Å². The van der Waals surface area contributed by atoms with E-state index in [0.717, 1.165) is 9.47 Å². The molecule has 0 aliphatic carbocycles. The standard InChI is InChI=1S/C14H20N4OS3/c1-14(2,3)15-12-16-17-13(22-12)21-9-11(19)18(4)8-10-6-5-7-20-10/h5-7H,8-9H2,1-4H3,(H,15,16). The first-order valence-electron chi connectivity index (χ1n) is 6.84. The van der Waals surface area contributed by atoms with Gasteiger partial charge in [0.1, 0.15) is 0 Å². The highest BCUT2D eigenvalue weighted by Crippen LogP contribution is 2.27. The van der Waals surface area contributed by atoms with Crippen LogP contribution in [0, 0.1) is 0 Å². The lowest BCUT2D eigenvalue weighted by atomic mass is 10.1. The van der Waals surface area contributed by atoms with Crippen LogP contribution in [0.4, 0.5) is 5.13 Å². The molecule has 2 aromatic rings. The number of nitrogens with one attached hydrogen (secondary N) is 1. The van der Waals surface area contributed by atoms with Crippen LogP contribution in [0.25, 0.3) is 0 Å². The Balaban J connectivity index is 1.81. The van der Waals surface area contributed by atoms with Crippen LogP contribution in [-0.2, 0) is 11.3 Å². The topological polar surface area (TPSA) is 58.1 Å². The summed E-state index contributed by atoms with van der Waals surface area (Å²) in [6, 6.07) is 4.04. The largest absolute Gasteiger partial charge is 0.355 e. The van der Waals surface area contributed by atoms with Crippen molar-refractivity contribution in [2.45, 2.75) is 37.2 Å². The number of hydrogen-bond donors (Lipinski definition) is 1. The summed E-state index contributed by atoms with van der Waals surface area (Å²) in [4.78, 5) is 15.1. The van der Waals surface area contributed by atoms with Gasteiger partial charge in [0.2, 0.25) is 11.0 Å². The summed E-state index contributed by atoms with van der Waals surface area (Å²) in [5, 5.41) is 14.3. The van der Waals surface area contributed by atoms with E-state index in [1.807, 2.05) is 24.6 Å². The molecule has 0 aliphatic heterocycles. The predicted octanol–water partition coefficient (Wildman–Crippen LogP) is 3.56. The van der Waals surface area contributed by atoms with Gasteiger partial charge >= 0.3 is 0 Å². The van der Waals surface area contributed by atoms with Gasteiger partial charge in [-0.25, -0.2) is 0 Å². The molecule has 0 fully saturated rings. The highest BCUT2D eigenvalue weighted by molar-refractivity contribution is 8.01. The zero-order chi connectivity index (χ0) is 16.2. The number of aromatic nitrogens is 2. The quantitative estimate of drug-likeness (QED) is 0.802. The maximum Gasteiger partial charge on any atom is 0.233 e. The normalized spacial score (nSPS) is 11.5. The molecular weight excluding hydrogens is 336 g/mol. The molecule has 2 heterocycles. The van der Waals surface area contributed by atoms with Gasteiger partial charge < -0.3 is 10.2 Å². The first-order chi connectivity index (χ1) is 10.3. The van der Waals surface area contributed by atoms with Crippen LogP contribution in [0.1, 0.15) is 25.6 Å². The molecule has 1 N–H and O–H groups in total. The molecule has 120 valence electrons. The molecule has 22 heavy (non-hydrogen) atoms. The number of anilines is 1. The molecule has 0 atom stereocenters. The van der Waals surface area contributed by atoms with Crippen LogP contribution in [0.3, 0.4) is 0 Å². The third kappa shape index (κ3) is 5.58. The van der Waals surface area contributed by atoms with Crippen LogP contribution < -0.4 is 5.32 Å². The van der Waals surface area contributed by atoms with E-state index in [2.05, 4.69) is 36.3 Å². The first kappa shape index (κ1) is 17.2. The lowest BCUT2D eigenvalue weighted by Crippen LogP contribution is -2.27. The molecule has 2 aromatic heterocycles. The SMILES string of the molecule is CN(Cc1cccs1)C(=O)CSc1nnc(NC(C)(C)C)s1. The highest BCUT2D eigenvalue weighted by Gasteiger charge is 2.15. The molecule has 0 bridgehead atoms. The van der Waals surface area contributed by atoms with Gasteiger partial charge in [-0.2, -0.15) is 0 Å². The molecule has 0 saturated heterocycles. The average Bonchev–Trinajstić information content (AvgIpc) is 3.06. The Kier molecular flexibility index (Phi) is 5.82. The first-order valence-corrected chi connectivity index (χ1v) is 9.52. The van der Waals surface area contributed by atoms with Crippen molar-refractivity contribution in [3.63, 3.8) is 0 Å². The molecule has 0 spiro atoms. The fourth-order valence-corrected chi connectivity index (χ4v) is 4.26. The van der Waals surface area contributed by atoms with E-state index in [9.17, 15) is 4.79 Å². The Labute approximate surface area is 143 Å². The minimum absolute atomic E-state index is 0.0434. The van der Waals surface area contributed by atoms with Gasteiger partial charge in [-0.3, -0.25) is 4.79 Å². The second-order valence-corrected chi connectivity index (χ2v) is 9.10. The Morgan fingerprint density at radius 3 is 2.82 bits per heavy atom. The summed E-state index contributed by atoms with van der Waals surface area (Å²) in [7, 11) is 1.83. The summed E-state index contributed by atoms with van der Waals surface area (Å²) >= 11 is 4.58. The summed E-state index contributed by atoms with van der Waals surface area (Å²) in [5.74, 6) is 0.477. The molecule has 8 heteroatoms. The lowest BCUT2D eigenvalue weighted by Gasteiger charge is -2.18. The van der Waals surface area contributed by atoms with Crippen molar-refractivity contribution in [2.24, 2.45) is 0 Å². The number of thioether (sulfide) groups is 1. The van der Waals surface area contributed by atoms with Crippen molar-refractivity contribution >= 4 is 45.5 Å². The van der Waals surface area contributed by atoms with E-state index in [1.54, 1.807) is 16.2 Å².